The molecule has 2 aromatic rings. The second-order valence-electron chi connectivity index (χ2n) is 5.87. The first-order chi connectivity index (χ1) is 10.9. The van der Waals surface area contributed by atoms with Gasteiger partial charge in [0, 0.05) is 5.69 Å². The molecule has 23 heavy (non-hydrogen) atoms. The van der Waals surface area contributed by atoms with Gasteiger partial charge >= 0.3 is 6.03 Å². The molecule has 0 aromatic heterocycles. The molecule has 0 heterocycles. The van der Waals surface area contributed by atoms with Gasteiger partial charge in [-0.3, -0.25) is 0 Å². The zero-order valence-corrected chi connectivity index (χ0v) is 14.2. The fraction of sp³-hybridized carbons (Fsp3) is 0.316. The predicted octanol–water partition coefficient (Wildman–Crippen LogP) is 4.12. The van der Waals surface area contributed by atoms with E-state index in [9.17, 15) is 4.79 Å². The van der Waals surface area contributed by atoms with Gasteiger partial charge < -0.3 is 15.4 Å². The first-order valence-corrected chi connectivity index (χ1v) is 7.77. The van der Waals surface area contributed by atoms with Crippen LogP contribution in [0.15, 0.2) is 36.4 Å². The lowest BCUT2D eigenvalue weighted by atomic mass is 10.1. The lowest BCUT2D eigenvalue weighted by molar-refractivity contribution is 0.247. The summed E-state index contributed by atoms with van der Waals surface area (Å²) in [6.07, 6.45) is 0. The maximum absolute atomic E-state index is 11.9. The van der Waals surface area contributed by atoms with E-state index in [2.05, 4.69) is 16.7 Å². The quantitative estimate of drug-likeness (QED) is 0.816. The molecule has 0 atom stereocenters. The number of ether oxygens (including phenoxy) is 1. The number of nitrogens with one attached hydrogen (secondary N) is 2. The predicted molar refractivity (Wildman–Crippen MR) is 94.3 cm³/mol. The average Bonchev–Trinajstić information content (AvgIpc) is 2.46. The molecule has 0 spiro atoms. The fourth-order valence-corrected chi connectivity index (χ4v) is 2.39. The molecule has 4 nitrogen and oxygen atoms in total. The highest BCUT2D eigenvalue weighted by Crippen LogP contribution is 2.17. The lowest BCUT2D eigenvalue weighted by Gasteiger charge is -2.12. The van der Waals surface area contributed by atoms with Crippen LogP contribution in [0.4, 0.5) is 10.5 Å². The summed E-state index contributed by atoms with van der Waals surface area (Å²) < 4.78 is 5.67. The van der Waals surface area contributed by atoms with Crippen molar-refractivity contribution in [1.29, 1.82) is 0 Å². The van der Waals surface area contributed by atoms with E-state index in [0.29, 0.717) is 13.2 Å². The summed E-state index contributed by atoms with van der Waals surface area (Å²) in [5, 5.41) is 5.66. The van der Waals surface area contributed by atoms with Crippen LogP contribution in [-0.2, 0) is 0 Å². The molecule has 0 aliphatic heterocycles. The minimum atomic E-state index is -0.220. The number of rotatable bonds is 5. The number of hydrogen-bond acceptors (Lipinski definition) is 2. The second-order valence-corrected chi connectivity index (χ2v) is 5.87. The number of hydrogen-bond donors (Lipinski definition) is 2. The third kappa shape index (κ3) is 5.33. The van der Waals surface area contributed by atoms with Crippen LogP contribution in [-0.4, -0.2) is 19.2 Å². The number of carbonyl (C=O) groups is 1. The van der Waals surface area contributed by atoms with Crippen molar-refractivity contribution in [2.75, 3.05) is 18.5 Å². The lowest BCUT2D eigenvalue weighted by Crippen LogP contribution is -2.32. The van der Waals surface area contributed by atoms with Crippen LogP contribution >= 0.6 is 0 Å². The molecule has 0 aliphatic rings. The Morgan fingerprint density at radius 1 is 0.957 bits per heavy atom. The van der Waals surface area contributed by atoms with Crippen molar-refractivity contribution in [2.24, 2.45) is 0 Å². The van der Waals surface area contributed by atoms with Crippen LogP contribution in [0, 0.1) is 27.7 Å². The van der Waals surface area contributed by atoms with Crippen molar-refractivity contribution in [3.05, 3.63) is 58.7 Å². The molecule has 0 saturated heterocycles. The summed E-state index contributed by atoms with van der Waals surface area (Å²) in [6, 6.07) is 11.8. The van der Waals surface area contributed by atoms with Crippen molar-refractivity contribution in [2.45, 2.75) is 27.7 Å². The standard InChI is InChI=1S/C19H24N2O2/c1-13-5-6-16(4)18(12-13)21-19(22)20-7-8-23-17-10-14(2)9-15(3)11-17/h5-6,9-12H,7-8H2,1-4H3,(H2,20,21,22). The Labute approximate surface area is 137 Å². The van der Waals surface area contributed by atoms with E-state index in [1.807, 2.05) is 58.0 Å². The Bertz CT molecular complexity index is 676. The molecule has 0 unspecified atom stereocenters. The van der Waals surface area contributed by atoms with Crippen molar-refractivity contribution in [3.63, 3.8) is 0 Å². The van der Waals surface area contributed by atoms with Crippen molar-refractivity contribution >= 4 is 11.7 Å². The number of amides is 2. The topological polar surface area (TPSA) is 50.4 Å². The van der Waals surface area contributed by atoms with Crippen molar-refractivity contribution < 1.29 is 9.53 Å². The van der Waals surface area contributed by atoms with E-state index >= 15 is 0 Å². The first-order valence-electron chi connectivity index (χ1n) is 7.77. The van der Waals surface area contributed by atoms with E-state index < -0.39 is 0 Å². The molecule has 4 heteroatoms. The highest BCUT2D eigenvalue weighted by atomic mass is 16.5. The number of benzene rings is 2. The summed E-state index contributed by atoms with van der Waals surface area (Å²) in [5.41, 5.74) is 5.32. The Hall–Kier alpha value is -2.49. The summed E-state index contributed by atoms with van der Waals surface area (Å²) in [5.74, 6) is 0.833. The normalized spacial score (nSPS) is 10.3. The highest BCUT2D eigenvalue weighted by molar-refractivity contribution is 5.90. The smallest absolute Gasteiger partial charge is 0.319 e. The Kier molecular flexibility index (Phi) is 5.63. The highest BCUT2D eigenvalue weighted by Gasteiger charge is 2.04. The molecule has 0 radical (unpaired) electrons. The Morgan fingerprint density at radius 2 is 1.65 bits per heavy atom. The summed E-state index contributed by atoms with van der Waals surface area (Å²) in [7, 11) is 0. The van der Waals surface area contributed by atoms with E-state index in [4.69, 9.17) is 4.74 Å². The maximum atomic E-state index is 11.9. The second kappa shape index (κ2) is 7.68. The van der Waals surface area contributed by atoms with Crippen LogP contribution in [0.1, 0.15) is 22.3 Å². The minimum Gasteiger partial charge on any atom is -0.492 e. The van der Waals surface area contributed by atoms with Gasteiger partial charge in [0.25, 0.3) is 0 Å². The molecule has 122 valence electrons. The van der Waals surface area contributed by atoms with Crippen LogP contribution in [0.3, 0.4) is 0 Å². The molecule has 0 saturated carbocycles. The molecule has 0 aliphatic carbocycles. The Balaban J connectivity index is 1.77. The molecular weight excluding hydrogens is 288 g/mol. The van der Waals surface area contributed by atoms with Crippen molar-refractivity contribution in [1.82, 2.24) is 5.32 Å². The molecule has 2 rings (SSSR count). The Morgan fingerprint density at radius 3 is 2.35 bits per heavy atom. The van der Waals surface area contributed by atoms with E-state index in [-0.39, 0.29) is 6.03 Å². The average molecular weight is 312 g/mol. The van der Waals surface area contributed by atoms with Crippen molar-refractivity contribution in [3.8, 4) is 5.75 Å². The van der Waals surface area contributed by atoms with Gasteiger partial charge in [-0.25, -0.2) is 4.79 Å². The molecule has 2 N–H and O–H groups in total. The first kappa shape index (κ1) is 16.9. The van der Waals surface area contributed by atoms with Crippen LogP contribution < -0.4 is 15.4 Å². The van der Waals surface area contributed by atoms with Gasteiger partial charge in [-0.05, 0) is 68.1 Å². The summed E-state index contributed by atoms with van der Waals surface area (Å²) in [4.78, 5) is 11.9. The number of urea groups is 1. The van der Waals surface area contributed by atoms with Crippen LogP contribution in [0.5, 0.6) is 5.75 Å². The van der Waals surface area contributed by atoms with Gasteiger partial charge in [-0.1, -0.05) is 18.2 Å². The zero-order valence-electron chi connectivity index (χ0n) is 14.2. The molecule has 2 amide bonds. The van der Waals surface area contributed by atoms with Gasteiger partial charge in [0.2, 0.25) is 0 Å². The summed E-state index contributed by atoms with van der Waals surface area (Å²) >= 11 is 0. The van der Waals surface area contributed by atoms with Gasteiger partial charge in [-0.15, -0.1) is 0 Å². The largest absolute Gasteiger partial charge is 0.492 e. The van der Waals surface area contributed by atoms with Crippen LogP contribution in [0.2, 0.25) is 0 Å². The molecule has 2 aromatic carbocycles. The van der Waals surface area contributed by atoms with E-state index in [0.717, 1.165) is 22.6 Å². The van der Waals surface area contributed by atoms with Gasteiger partial charge in [0.15, 0.2) is 0 Å². The zero-order chi connectivity index (χ0) is 16.8. The maximum Gasteiger partial charge on any atom is 0.319 e. The monoisotopic (exact) mass is 312 g/mol. The number of carbonyl (C=O) groups excluding carboxylic acids is 1. The third-order valence-corrected chi connectivity index (χ3v) is 3.49. The van der Waals surface area contributed by atoms with E-state index in [1.165, 1.54) is 11.1 Å². The third-order valence-electron chi connectivity index (χ3n) is 3.49. The SMILES string of the molecule is Cc1cc(C)cc(OCCNC(=O)Nc2cc(C)ccc2C)c1. The number of anilines is 1. The number of aryl methyl sites for hydroxylation is 4. The summed E-state index contributed by atoms with van der Waals surface area (Å²) in [6.45, 7) is 8.93. The van der Waals surface area contributed by atoms with Gasteiger partial charge in [0.1, 0.15) is 12.4 Å². The molecule has 0 fully saturated rings. The van der Waals surface area contributed by atoms with Crippen LogP contribution in [0.25, 0.3) is 0 Å². The van der Waals surface area contributed by atoms with Gasteiger partial charge in [0.05, 0.1) is 6.54 Å². The van der Waals surface area contributed by atoms with Gasteiger partial charge in [-0.2, -0.15) is 0 Å². The molecule has 0 bridgehead atoms. The minimum absolute atomic E-state index is 0.220. The van der Waals surface area contributed by atoms with E-state index in [1.54, 1.807) is 0 Å². The molecular formula is C19H24N2O2. The fourth-order valence-electron chi connectivity index (χ4n) is 2.39.